The van der Waals surface area contributed by atoms with E-state index in [1.165, 1.54) is 36.8 Å². The van der Waals surface area contributed by atoms with E-state index in [1.54, 1.807) is 6.26 Å². The van der Waals surface area contributed by atoms with Crippen LogP contribution < -0.4 is 5.32 Å². The first-order valence-electron chi connectivity index (χ1n) is 7.32. The zero-order valence-corrected chi connectivity index (χ0v) is 12.8. The van der Waals surface area contributed by atoms with Crippen molar-refractivity contribution < 1.29 is 4.21 Å². The first-order chi connectivity index (χ1) is 9.18. The summed E-state index contributed by atoms with van der Waals surface area (Å²) in [5, 5.41) is 3.95. The minimum absolute atomic E-state index is 0.286. The van der Waals surface area contributed by atoms with Gasteiger partial charge in [0.25, 0.3) is 0 Å². The van der Waals surface area contributed by atoms with Gasteiger partial charge in [0.05, 0.1) is 0 Å². The van der Waals surface area contributed by atoms with Gasteiger partial charge in [-0.15, -0.1) is 0 Å². The second kappa shape index (κ2) is 7.20. The molecule has 1 N–H and O–H groups in total. The van der Waals surface area contributed by atoms with E-state index in [1.807, 2.05) is 0 Å². The monoisotopic (exact) mass is 279 g/mol. The molecule has 2 rings (SSSR count). The van der Waals surface area contributed by atoms with Gasteiger partial charge >= 0.3 is 0 Å². The molecule has 1 aromatic carbocycles. The van der Waals surface area contributed by atoms with Crippen LogP contribution in [-0.4, -0.2) is 22.3 Å². The Bertz CT molecular complexity index is 433. The highest BCUT2D eigenvalue weighted by atomic mass is 32.2. The molecular formula is C16H25NOS. The van der Waals surface area contributed by atoms with Gasteiger partial charge in [-0.1, -0.05) is 37.6 Å². The molecule has 0 amide bonds. The molecule has 1 aliphatic carbocycles. The molecular weight excluding hydrogens is 254 g/mol. The normalized spacial score (nSPS) is 22.3. The molecule has 0 saturated heterocycles. The topological polar surface area (TPSA) is 29.1 Å². The van der Waals surface area contributed by atoms with Crippen molar-refractivity contribution >= 4 is 10.8 Å². The van der Waals surface area contributed by atoms with Crippen molar-refractivity contribution in [2.75, 3.05) is 12.8 Å². The number of rotatable bonds is 5. The molecule has 1 aliphatic rings. The molecule has 0 radical (unpaired) electrons. The van der Waals surface area contributed by atoms with Crippen LogP contribution in [0.1, 0.15) is 49.8 Å². The quantitative estimate of drug-likeness (QED) is 0.839. The van der Waals surface area contributed by atoms with Gasteiger partial charge in [0.15, 0.2) is 0 Å². The Balaban J connectivity index is 1.95. The van der Waals surface area contributed by atoms with Gasteiger partial charge < -0.3 is 5.32 Å². The Morgan fingerprint density at radius 1 is 1.37 bits per heavy atom. The molecule has 3 atom stereocenters. The van der Waals surface area contributed by atoms with Gasteiger partial charge in [0.1, 0.15) is 0 Å². The van der Waals surface area contributed by atoms with E-state index in [9.17, 15) is 4.21 Å². The molecule has 3 heteroatoms. The van der Waals surface area contributed by atoms with Gasteiger partial charge in [-0.25, -0.2) is 0 Å². The molecule has 19 heavy (non-hydrogen) atoms. The summed E-state index contributed by atoms with van der Waals surface area (Å²) in [4.78, 5) is 0. The standard InChI is InChI=1S/C16H25NOS/c1-13(19(2)18)11-12-17-16-10-6-4-8-14-7-3-5-9-15(14)16/h3,5,7,9,13,16-17H,4,6,8,10-12H2,1-2H3. The molecule has 2 nitrogen and oxygen atoms in total. The fourth-order valence-electron chi connectivity index (χ4n) is 2.76. The average molecular weight is 279 g/mol. The average Bonchev–Trinajstić information content (AvgIpc) is 2.61. The van der Waals surface area contributed by atoms with Crippen LogP contribution in [0.5, 0.6) is 0 Å². The molecule has 0 spiro atoms. The van der Waals surface area contributed by atoms with E-state index in [0.717, 1.165) is 13.0 Å². The number of fused-ring (bicyclic) bond motifs is 1. The summed E-state index contributed by atoms with van der Waals surface area (Å²) in [5.74, 6) is 0. The first kappa shape index (κ1) is 14.7. The lowest BCUT2D eigenvalue weighted by Gasteiger charge is -2.20. The maximum Gasteiger partial charge on any atom is 0.0329 e. The first-order valence-corrected chi connectivity index (χ1v) is 8.94. The number of aryl methyl sites for hydroxylation is 1. The van der Waals surface area contributed by atoms with Crippen molar-refractivity contribution in [2.45, 2.75) is 50.3 Å². The van der Waals surface area contributed by atoms with Crippen LogP contribution in [0.25, 0.3) is 0 Å². The van der Waals surface area contributed by atoms with Gasteiger partial charge in [-0.05, 0) is 43.4 Å². The van der Waals surface area contributed by atoms with E-state index >= 15 is 0 Å². The lowest BCUT2D eigenvalue weighted by molar-refractivity contribution is 0.482. The summed E-state index contributed by atoms with van der Waals surface area (Å²) >= 11 is 0. The summed E-state index contributed by atoms with van der Waals surface area (Å²) in [5.41, 5.74) is 2.98. The summed E-state index contributed by atoms with van der Waals surface area (Å²) < 4.78 is 11.4. The third-order valence-corrected chi connectivity index (χ3v) is 5.50. The van der Waals surface area contributed by atoms with E-state index in [4.69, 9.17) is 0 Å². The number of hydrogen-bond donors (Lipinski definition) is 1. The third kappa shape index (κ3) is 4.15. The third-order valence-electron chi connectivity index (χ3n) is 4.13. The molecule has 0 fully saturated rings. The Hall–Kier alpha value is -0.670. The molecule has 0 saturated carbocycles. The SMILES string of the molecule is CC(CCNC1CCCCc2ccccc21)S(C)=O. The zero-order chi connectivity index (χ0) is 13.7. The summed E-state index contributed by atoms with van der Waals surface area (Å²) in [6, 6.07) is 9.29. The van der Waals surface area contributed by atoms with Crippen molar-refractivity contribution in [3.05, 3.63) is 35.4 Å². The molecule has 0 aliphatic heterocycles. The van der Waals surface area contributed by atoms with Gasteiger partial charge in [0, 0.05) is 28.3 Å². The molecule has 106 valence electrons. The highest BCUT2D eigenvalue weighted by molar-refractivity contribution is 7.84. The number of benzene rings is 1. The second-order valence-corrected chi connectivity index (χ2v) is 7.35. The molecule has 0 heterocycles. The van der Waals surface area contributed by atoms with Crippen LogP contribution in [0.4, 0.5) is 0 Å². The highest BCUT2D eigenvalue weighted by Crippen LogP contribution is 2.28. The van der Waals surface area contributed by atoms with Crippen molar-refractivity contribution in [1.29, 1.82) is 0 Å². The van der Waals surface area contributed by atoms with Crippen LogP contribution in [0.2, 0.25) is 0 Å². The lowest BCUT2D eigenvalue weighted by atomic mass is 9.99. The van der Waals surface area contributed by atoms with E-state index in [-0.39, 0.29) is 5.25 Å². The predicted molar refractivity (Wildman–Crippen MR) is 82.9 cm³/mol. The van der Waals surface area contributed by atoms with E-state index < -0.39 is 10.8 Å². The van der Waals surface area contributed by atoms with Gasteiger partial charge in [0.2, 0.25) is 0 Å². The molecule has 0 aromatic heterocycles. The van der Waals surface area contributed by atoms with E-state index in [0.29, 0.717) is 6.04 Å². The Morgan fingerprint density at radius 3 is 2.95 bits per heavy atom. The summed E-state index contributed by atoms with van der Waals surface area (Å²) in [7, 11) is -0.705. The number of hydrogen-bond acceptors (Lipinski definition) is 2. The van der Waals surface area contributed by atoms with Gasteiger partial charge in [-0.3, -0.25) is 4.21 Å². The van der Waals surface area contributed by atoms with Crippen LogP contribution in [0.3, 0.4) is 0 Å². The molecule has 0 bridgehead atoms. The van der Waals surface area contributed by atoms with Crippen molar-refractivity contribution in [3.63, 3.8) is 0 Å². The Kier molecular flexibility index (Phi) is 5.59. The zero-order valence-electron chi connectivity index (χ0n) is 12.0. The fraction of sp³-hybridized carbons (Fsp3) is 0.625. The molecule has 3 unspecified atom stereocenters. The number of nitrogens with one attached hydrogen (secondary N) is 1. The second-order valence-electron chi connectivity index (χ2n) is 5.55. The van der Waals surface area contributed by atoms with Crippen molar-refractivity contribution in [1.82, 2.24) is 5.32 Å². The van der Waals surface area contributed by atoms with Crippen molar-refractivity contribution in [3.8, 4) is 0 Å². The minimum Gasteiger partial charge on any atom is -0.310 e. The lowest BCUT2D eigenvalue weighted by Crippen LogP contribution is -2.26. The Morgan fingerprint density at radius 2 is 2.16 bits per heavy atom. The molecule has 1 aromatic rings. The van der Waals surface area contributed by atoms with E-state index in [2.05, 4.69) is 36.5 Å². The maximum absolute atomic E-state index is 11.4. The van der Waals surface area contributed by atoms with Crippen LogP contribution in [0.15, 0.2) is 24.3 Å². The summed E-state index contributed by atoms with van der Waals surface area (Å²) in [6.45, 7) is 3.03. The van der Waals surface area contributed by atoms with Crippen LogP contribution in [-0.2, 0) is 17.2 Å². The highest BCUT2D eigenvalue weighted by Gasteiger charge is 2.17. The predicted octanol–water partition coefficient (Wildman–Crippen LogP) is 3.20. The fourth-order valence-corrected chi connectivity index (χ4v) is 3.21. The van der Waals surface area contributed by atoms with Gasteiger partial charge in [-0.2, -0.15) is 0 Å². The van der Waals surface area contributed by atoms with Crippen molar-refractivity contribution in [2.24, 2.45) is 0 Å². The van der Waals surface area contributed by atoms with Crippen LogP contribution in [0, 0.1) is 0 Å². The Labute approximate surface area is 119 Å². The maximum atomic E-state index is 11.4. The van der Waals surface area contributed by atoms with Crippen LogP contribution >= 0.6 is 0 Å². The summed E-state index contributed by atoms with van der Waals surface area (Å²) in [6.07, 6.45) is 7.81. The smallest absolute Gasteiger partial charge is 0.0329 e. The minimum atomic E-state index is -0.705. The largest absolute Gasteiger partial charge is 0.310 e.